The Bertz CT molecular complexity index is 1150. The molecular weight excluding hydrogens is 560 g/mol. The molecule has 2 rings (SSSR count). The summed E-state index contributed by atoms with van der Waals surface area (Å²) in [5.74, 6) is -0.483. The molecule has 0 amide bonds. The molecule has 0 saturated carbocycles. The second-order valence-electron chi connectivity index (χ2n) is 12.5. The van der Waals surface area contributed by atoms with Crippen LogP contribution in [-0.4, -0.2) is 51.1 Å². The van der Waals surface area contributed by atoms with Gasteiger partial charge in [-0.05, 0) is 18.8 Å². The number of aromatic nitrogens is 4. The smallest absolute Gasteiger partial charge is 0.323 e. The summed E-state index contributed by atoms with van der Waals surface area (Å²) < 4.78 is 11.0. The van der Waals surface area contributed by atoms with Crippen LogP contribution in [0.3, 0.4) is 0 Å². The number of H-pyrrole nitrogens is 2. The maximum Gasteiger partial charge on any atom is 0.323 e. The third-order valence-electron chi connectivity index (χ3n) is 8.14. The Kier molecular flexibility index (Phi) is 18.4. The molecule has 0 spiro atoms. The number of carbonyl (C=O) groups is 2. The number of hydrogen-bond donors (Lipinski definition) is 4. The van der Waals surface area contributed by atoms with Crippen LogP contribution in [0.4, 0.5) is 5.95 Å². The SMILES string of the molecule is CCCCCCCCCCCCCCCCCC(=O)OCCC(COC(=O)[C@@H](N)C(C)C)Cc1nc2nc(N)[nH]c(=O)c2[nH]1. The van der Waals surface area contributed by atoms with Crippen molar-refractivity contribution in [1.29, 1.82) is 0 Å². The molecule has 0 aliphatic heterocycles. The highest BCUT2D eigenvalue weighted by molar-refractivity contribution is 5.75. The molecule has 0 bridgehead atoms. The second-order valence-corrected chi connectivity index (χ2v) is 12.5. The Morgan fingerprint density at radius 1 is 0.818 bits per heavy atom. The minimum atomic E-state index is -0.722. The number of nitrogens with one attached hydrogen (secondary N) is 2. The van der Waals surface area contributed by atoms with E-state index in [9.17, 15) is 14.4 Å². The first kappa shape index (κ1) is 37.2. The number of nitrogen functional groups attached to an aromatic ring is 1. The Morgan fingerprint density at radius 3 is 1.95 bits per heavy atom. The van der Waals surface area contributed by atoms with Crippen molar-refractivity contribution < 1.29 is 19.1 Å². The highest BCUT2D eigenvalue weighted by Crippen LogP contribution is 2.16. The standard InChI is InChI=1S/C33H58N6O5/c1-4-5-6-7-8-9-10-11-12-13-14-15-16-17-18-19-27(40)43-21-20-25(23-44-32(42)28(34)24(2)3)22-26-36-29-30(37-26)38-33(35)39-31(29)41/h24-25,28H,4-23,34H2,1-3H3,(H4,35,36,37,38,39,41)/t25?,28-/m0/s1. The summed E-state index contributed by atoms with van der Waals surface area (Å²) in [4.78, 5) is 50.7. The number of rotatable bonds is 25. The van der Waals surface area contributed by atoms with Crippen molar-refractivity contribution in [3.63, 3.8) is 0 Å². The number of esters is 2. The van der Waals surface area contributed by atoms with Gasteiger partial charge in [0, 0.05) is 18.8 Å². The van der Waals surface area contributed by atoms with Gasteiger partial charge in [-0.3, -0.25) is 19.4 Å². The molecule has 1 unspecified atom stereocenters. The molecule has 11 heteroatoms. The molecule has 2 aromatic rings. The van der Waals surface area contributed by atoms with E-state index in [0.29, 0.717) is 25.1 Å². The van der Waals surface area contributed by atoms with Crippen molar-refractivity contribution in [2.75, 3.05) is 18.9 Å². The van der Waals surface area contributed by atoms with Crippen LogP contribution in [0, 0.1) is 11.8 Å². The fourth-order valence-corrected chi connectivity index (χ4v) is 5.21. The van der Waals surface area contributed by atoms with Crippen LogP contribution in [0.15, 0.2) is 4.79 Å². The number of fused-ring (bicyclic) bond motifs is 1. The van der Waals surface area contributed by atoms with E-state index in [4.69, 9.17) is 20.9 Å². The third kappa shape index (κ3) is 15.2. The number of hydrogen-bond acceptors (Lipinski definition) is 9. The lowest BCUT2D eigenvalue weighted by Gasteiger charge is -2.19. The number of carbonyl (C=O) groups excluding carboxylic acids is 2. The van der Waals surface area contributed by atoms with Crippen molar-refractivity contribution in [2.24, 2.45) is 17.6 Å². The summed E-state index contributed by atoms with van der Waals surface area (Å²) in [5, 5.41) is 0. The summed E-state index contributed by atoms with van der Waals surface area (Å²) in [6.07, 6.45) is 20.4. The predicted molar refractivity (Wildman–Crippen MR) is 175 cm³/mol. The van der Waals surface area contributed by atoms with Crippen LogP contribution in [0.1, 0.15) is 136 Å². The molecule has 0 aliphatic carbocycles. The molecule has 6 N–H and O–H groups in total. The van der Waals surface area contributed by atoms with Crippen molar-refractivity contribution >= 4 is 29.1 Å². The maximum atomic E-state index is 12.3. The zero-order chi connectivity index (χ0) is 32.2. The van der Waals surface area contributed by atoms with E-state index in [2.05, 4.69) is 26.9 Å². The zero-order valence-electron chi connectivity index (χ0n) is 27.5. The van der Waals surface area contributed by atoms with Gasteiger partial charge in [0.1, 0.15) is 11.9 Å². The largest absolute Gasteiger partial charge is 0.466 e. The van der Waals surface area contributed by atoms with Crippen LogP contribution < -0.4 is 17.0 Å². The quantitative estimate of drug-likeness (QED) is 0.0754. The van der Waals surface area contributed by atoms with E-state index < -0.39 is 17.6 Å². The molecule has 44 heavy (non-hydrogen) atoms. The molecule has 0 fully saturated rings. The van der Waals surface area contributed by atoms with E-state index in [0.717, 1.165) is 19.3 Å². The Hall–Kier alpha value is -2.95. The molecule has 11 nitrogen and oxygen atoms in total. The van der Waals surface area contributed by atoms with Crippen LogP contribution in [0.5, 0.6) is 0 Å². The summed E-state index contributed by atoms with van der Waals surface area (Å²) in [5.41, 5.74) is 11.6. The Balaban J connectivity index is 1.64. The normalized spacial score (nSPS) is 12.9. The highest BCUT2D eigenvalue weighted by Gasteiger charge is 2.22. The Labute approximate surface area is 263 Å². The summed E-state index contributed by atoms with van der Waals surface area (Å²) in [7, 11) is 0. The van der Waals surface area contributed by atoms with Crippen LogP contribution in [0.2, 0.25) is 0 Å². The number of imidazole rings is 1. The van der Waals surface area contributed by atoms with Crippen LogP contribution in [0.25, 0.3) is 11.2 Å². The molecule has 250 valence electrons. The van der Waals surface area contributed by atoms with Gasteiger partial charge in [-0.1, -0.05) is 111 Å². The van der Waals surface area contributed by atoms with Crippen molar-refractivity contribution in [3.8, 4) is 0 Å². The van der Waals surface area contributed by atoms with Crippen LogP contribution >= 0.6 is 0 Å². The van der Waals surface area contributed by atoms with E-state index in [-0.39, 0.29) is 48.1 Å². The van der Waals surface area contributed by atoms with E-state index >= 15 is 0 Å². The van der Waals surface area contributed by atoms with Gasteiger partial charge < -0.3 is 25.9 Å². The zero-order valence-corrected chi connectivity index (χ0v) is 27.5. The number of anilines is 1. The molecule has 2 atom stereocenters. The van der Waals surface area contributed by atoms with Crippen LogP contribution in [-0.2, 0) is 25.5 Å². The fraction of sp³-hybridized carbons (Fsp3) is 0.788. The van der Waals surface area contributed by atoms with Gasteiger partial charge in [-0.2, -0.15) is 4.98 Å². The van der Waals surface area contributed by atoms with E-state index in [1.165, 1.54) is 77.0 Å². The molecule has 2 aromatic heterocycles. The summed E-state index contributed by atoms with van der Waals surface area (Å²) >= 11 is 0. The van der Waals surface area contributed by atoms with Gasteiger partial charge in [0.25, 0.3) is 5.56 Å². The average Bonchev–Trinajstić information content (AvgIpc) is 3.39. The number of ether oxygens (including phenoxy) is 2. The lowest BCUT2D eigenvalue weighted by atomic mass is 10.0. The third-order valence-corrected chi connectivity index (χ3v) is 8.14. The van der Waals surface area contributed by atoms with Crippen molar-refractivity contribution in [1.82, 2.24) is 19.9 Å². The summed E-state index contributed by atoms with van der Waals surface area (Å²) in [6.45, 7) is 6.25. The lowest BCUT2D eigenvalue weighted by molar-refractivity contribution is -0.149. The minimum Gasteiger partial charge on any atom is -0.466 e. The number of nitrogens with zero attached hydrogens (tertiary/aromatic N) is 2. The Morgan fingerprint density at radius 2 is 1.39 bits per heavy atom. The van der Waals surface area contributed by atoms with E-state index in [1.807, 2.05) is 13.8 Å². The predicted octanol–water partition coefficient (Wildman–Crippen LogP) is 6.11. The molecular formula is C33H58N6O5. The molecule has 2 heterocycles. The summed E-state index contributed by atoms with van der Waals surface area (Å²) in [6, 6.07) is -0.722. The van der Waals surface area contributed by atoms with Gasteiger partial charge in [0.15, 0.2) is 11.2 Å². The van der Waals surface area contributed by atoms with Gasteiger partial charge in [-0.25, -0.2) is 4.98 Å². The monoisotopic (exact) mass is 618 g/mol. The molecule has 0 saturated heterocycles. The molecule has 0 aromatic carbocycles. The van der Waals surface area contributed by atoms with Crippen molar-refractivity contribution in [2.45, 2.75) is 142 Å². The molecule has 0 aliphatic rings. The first-order chi connectivity index (χ1) is 21.2. The average molecular weight is 619 g/mol. The van der Waals surface area contributed by atoms with E-state index in [1.54, 1.807) is 0 Å². The lowest BCUT2D eigenvalue weighted by Crippen LogP contribution is -2.38. The first-order valence-electron chi connectivity index (χ1n) is 17.0. The number of aromatic amines is 2. The number of unbranched alkanes of at least 4 members (excludes halogenated alkanes) is 14. The maximum absolute atomic E-state index is 12.3. The van der Waals surface area contributed by atoms with Crippen molar-refractivity contribution in [3.05, 3.63) is 16.2 Å². The second kappa shape index (κ2) is 21.7. The fourth-order valence-electron chi connectivity index (χ4n) is 5.21. The molecule has 0 radical (unpaired) electrons. The van der Waals surface area contributed by atoms with Gasteiger partial charge in [-0.15, -0.1) is 0 Å². The number of nitrogens with two attached hydrogens (primary N) is 2. The minimum absolute atomic E-state index is 0.0188. The van der Waals surface area contributed by atoms with Gasteiger partial charge in [0.05, 0.1) is 13.2 Å². The topological polar surface area (TPSA) is 179 Å². The van der Waals surface area contributed by atoms with Gasteiger partial charge in [0.2, 0.25) is 5.95 Å². The van der Waals surface area contributed by atoms with Gasteiger partial charge >= 0.3 is 11.9 Å². The highest BCUT2D eigenvalue weighted by atomic mass is 16.5. The first-order valence-corrected chi connectivity index (χ1v) is 17.0.